The molecule has 0 aliphatic carbocycles. The van der Waals surface area contributed by atoms with E-state index in [1.54, 1.807) is 0 Å². The summed E-state index contributed by atoms with van der Waals surface area (Å²) in [5.41, 5.74) is 15.1. The van der Waals surface area contributed by atoms with E-state index in [1.807, 2.05) is 23.9 Å². The van der Waals surface area contributed by atoms with E-state index in [4.69, 9.17) is 10.3 Å². The first-order valence-corrected chi connectivity index (χ1v) is 22.8. The third kappa shape index (κ3) is 4.92. The molecule has 1 N–H and O–H groups in total. The zero-order chi connectivity index (χ0) is 41.9. The highest BCUT2D eigenvalue weighted by Gasteiger charge is 2.50. The average molecular weight is 837 g/mol. The molecular formula is C58H38N5S-. The molecule has 3 unspecified atom stereocenters. The average Bonchev–Trinajstić information content (AvgIpc) is 3.90. The number of benzene rings is 9. The van der Waals surface area contributed by atoms with Gasteiger partial charge in [0.25, 0.3) is 0 Å². The Morgan fingerprint density at radius 3 is 1.89 bits per heavy atom. The van der Waals surface area contributed by atoms with Crippen molar-refractivity contribution in [2.75, 3.05) is 0 Å². The fourth-order valence-corrected chi connectivity index (χ4v) is 12.4. The minimum atomic E-state index is -0.571. The van der Waals surface area contributed by atoms with Crippen LogP contribution in [0.5, 0.6) is 0 Å². The number of rotatable bonds is 4. The van der Waals surface area contributed by atoms with Crippen LogP contribution in [0.3, 0.4) is 0 Å². The molecule has 0 radical (unpaired) electrons. The van der Waals surface area contributed by atoms with Crippen LogP contribution in [0.2, 0.25) is 0 Å². The Morgan fingerprint density at radius 1 is 0.469 bits per heavy atom. The van der Waals surface area contributed by atoms with Crippen molar-refractivity contribution in [3.8, 4) is 11.4 Å². The van der Waals surface area contributed by atoms with Gasteiger partial charge >= 0.3 is 0 Å². The normalized spacial score (nSPS) is 18.5. The summed E-state index contributed by atoms with van der Waals surface area (Å²) >= 11 is 1.91. The van der Waals surface area contributed by atoms with Crippen LogP contribution in [0, 0.1) is 0 Å². The quantitative estimate of drug-likeness (QED) is 0.192. The number of aromatic nitrogens is 2. The zero-order valence-corrected chi connectivity index (χ0v) is 35.4. The summed E-state index contributed by atoms with van der Waals surface area (Å²) in [6.07, 6.45) is -0.607. The molecule has 6 heteroatoms. The number of aliphatic imine (C=N–C) groups is 1. The summed E-state index contributed by atoms with van der Waals surface area (Å²) in [4.78, 5) is 7.66. The molecule has 0 saturated carbocycles. The Bertz CT molecular complexity index is 3720. The molecule has 0 saturated heterocycles. The van der Waals surface area contributed by atoms with E-state index in [1.165, 1.54) is 81.3 Å². The van der Waals surface area contributed by atoms with Crippen LogP contribution in [0.25, 0.3) is 60.3 Å². The Hall–Kier alpha value is -7.64. The minimum Gasteiger partial charge on any atom is -0.613 e. The Morgan fingerprint density at radius 2 is 1.09 bits per heavy atom. The number of nitrogens with zero attached hydrogens (tertiary/aromatic N) is 4. The lowest BCUT2D eigenvalue weighted by atomic mass is 9.62. The summed E-state index contributed by atoms with van der Waals surface area (Å²) in [5, 5.41) is 14.0. The maximum absolute atomic E-state index is 5.27. The second-order valence-electron chi connectivity index (χ2n) is 17.0. The summed E-state index contributed by atoms with van der Waals surface area (Å²) in [6, 6.07) is 77.6. The first kappa shape index (κ1) is 35.9. The lowest BCUT2D eigenvalue weighted by Gasteiger charge is -2.45. The predicted octanol–water partition coefficient (Wildman–Crippen LogP) is 14.2. The molecule has 5 nitrogen and oxygen atoms in total. The van der Waals surface area contributed by atoms with Gasteiger partial charge in [0.2, 0.25) is 0 Å². The molecule has 0 fully saturated rings. The van der Waals surface area contributed by atoms with Crippen molar-refractivity contribution >= 4 is 61.2 Å². The van der Waals surface area contributed by atoms with E-state index >= 15 is 0 Å². The van der Waals surface area contributed by atoms with Crippen molar-refractivity contribution < 1.29 is 0 Å². The van der Waals surface area contributed by atoms with Crippen molar-refractivity contribution in [3.63, 3.8) is 0 Å². The van der Waals surface area contributed by atoms with Gasteiger partial charge in [-0.15, -0.1) is 0 Å². The van der Waals surface area contributed by atoms with Crippen molar-refractivity contribution in [1.82, 2.24) is 14.5 Å². The molecule has 1 spiro atoms. The van der Waals surface area contributed by atoms with E-state index in [2.05, 4.69) is 215 Å². The molecule has 2 aromatic heterocycles. The largest absolute Gasteiger partial charge is 0.613 e. The fraction of sp³-hybridized carbons (Fsp3) is 0.0517. The van der Waals surface area contributed by atoms with E-state index in [0.29, 0.717) is 0 Å². The molecule has 0 bridgehead atoms. The third-order valence-corrected chi connectivity index (χ3v) is 15.0. The fourth-order valence-electron chi connectivity index (χ4n) is 11.1. The highest BCUT2D eigenvalue weighted by Crippen LogP contribution is 2.62. The van der Waals surface area contributed by atoms with Gasteiger partial charge in [-0.2, -0.15) is 0 Å². The third-order valence-electron chi connectivity index (χ3n) is 13.8. The first-order valence-electron chi connectivity index (χ1n) is 22.0. The predicted molar refractivity (Wildman–Crippen MR) is 263 cm³/mol. The highest BCUT2D eigenvalue weighted by molar-refractivity contribution is 7.99. The standard InChI is InChI=1S/C58H38N5S/c1-3-16-36(17-4-1)55-59-56(37-18-5-2-6-19-37)61-57(60-55)38-30-32-39(33-31-38)62-48-26-11-7-21-41(48)43-34-35-47-54(53(43)62)64-51-29-14-10-24-45(51)58(47)44-23-9-13-28-50(44)63-49-27-12-8-20-40(49)42-22-15-25-46(58)52(42)63/h1-35,55,57H,(H,59,61)/q-1. The Kier molecular flexibility index (Phi) is 7.67. The van der Waals surface area contributed by atoms with Gasteiger partial charge in [0.05, 0.1) is 33.2 Å². The second kappa shape index (κ2) is 13.7. The van der Waals surface area contributed by atoms with Gasteiger partial charge in [-0.05, 0) is 82.1 Å². The first-order chi connectivity index (χ1) is 31.8. The minimum absolute atomic E-state index is 0.283. The summed E-state index contributed by atoms with van der Waals surface area (Å²) in [6.45, 7) is 0. The molecular weight excluding hydrogens is 799 g/mol. The van der Waals surface area contributed by atoms with Gasteiger partial charge in [-0.25, -0.2) is 0 Å². The summed E-state index contributed by atoms with van der Waals surface area (Å²) in [5.74, 6) is 0.846. The number of nitrogens with one attached hydrogen (secondary N) is 1. The number of para-hydroxylation sites is 4. The van der Waals surface area contributed by atoms with Gasteiger partial charge in [0, 0.05) is 42.6 Å². The molecule has 3 aliphatic heterocycles. The van der Waals surface area contributed by atoms with Crippen LogP contribution < -0.4 is 5.32 Å². The highest BCUT2D eigenvalue weighted by atomic mass is 32.2. The van der Waals surface area contributed by atoms with Crippen LogP contribution in [-0.4, -0.2) is 15.0 Å². The Balaban J connectivity index is 0.990. The van der Waals surface area contributed by atoms with Crippen LogP contribution in [0.15, 0.2) is 227 Å². The van der Waals surface area contributed by atoms with Crippen molar-refractivity contribution in [2.24, 2.45) is 4.99 Å². The maximum atomic E-state index is 5.27. The Labute approximate surface area is 374 Å². The van der Waals surface area contributed by atoms with Crippen LogP contribution in [0.1, 0.15) is 51.3 Å². The van der Waals surface area contributed by atoms with E-state index in [0.717, 1.165) is 28.2 Å². The molecule has 3 aliphatic rings. The summed E-state index contributed by atoms with van der Waals surface area (Å²) in [7, 11) is 0. The number of hydrogen-bond donors (Lipinski definition) is 1. The van der Waals surface area contributed by atoms with Crippen LogP contribution in [0.4, 0.5) is 0 Å². The van der Waals surface area contributed by atoms with Gasteiger partial charge in [0.15, 0.2) is 0 Å². The number of hydrogen-bond acceptors (Lipinski definition) is 3. The molecule has 302 valence electrons. The van der Waals surface area contributed by atoms with Gasteiger partial charge in [0.1, 0.15) is 5.84 Å². The zero-order valence-electron chi connectivity index (χ0n) is 34.6. The van der Waals surface area contributed by atoms with Gasteiger partial charge in [-0.1, -0.05) is 188 Å². The van der Waals surface area contributed by atoms with Gasteiger partial charge in [-0.3, -0.25) is 4.99 Å². The number of fused-ring (bicyclic) bond motifs is 15. The SMILES string of the molecule is c1ccc(C2=NC(c3ccccc3)[N-]C(c3ccc(-n4c5ccccc5c5ccc6c(c54)Sc4ccccc4C64c5ccccc5-n5c6ccccc6c6cccc4c65)cc3)N2)cc1. The van der Waals surface area contributed by atoms with Gasteiger partial charge < -0.3 is 19.8 Å². The molecule has 14 rings (SSSR count). The molecule has 9 aromatic carbocycles. The number of amidine groups is 1. The molecule has 0 amide bonds. The van der Waals surface area contributed by atoms with Crippen LogP contribution in [-0.2, 0) is 5.41 Å². The molecule has 3 atom stereocenters. The molecule has 5 heterocycles. The van der Waals surface area contributed by atoms with Crippen molar-refractivity contribution in [3.05, 3.63) is 257 Å². The smallest absolute Gasteiger partial charge is 0.126 e. The van der Waals surface area contributed by atoms with Crippen LogP contribution >= 0.6 is 11.8 Å². The summed E-state index contributed by atoms with van der Waals surface area (Å²) < 4.78 is 5.02. The molecule has 64 heavy (non-hydrogen) atoms. The second-order valence-corrected chi connectivity index (χ2v) is 18.1. The monoisotopic (exact) mass is 836 g/mol. The van der Waals surface area contributed by atoms with Crippen molar-refractivity contribution in [1.29, 1.82) is 0 Å². The van der Waals surface area contributed by atoms with E-state index in [-0.39, 0.29) is 12.3 Å². The molecule has 11 aromatic rings. The van der Waals surface area contributed by atoms with Crippen molar-refractivity contribution in [2.45, 2.75) is 27.5 Å². The lowest BCUT2D eigenvalue weighted by Crippen LogP contribution is -2.37. The van der Waals surface area contributed by atoms with E-state index < -0.39 is 5.41 Å². The van der Waals surface area contributed by atoms with E-state index in [9.17, 15) is 0 Å². The topological polar surface area (TPSA) is 48.4 Å². The lowest BCUT2D eigenvalue weighted by molar-refractivity contribution is 0.631. The maximum Gasteiger partial charge on any atom is 0.126 e.